The third kappa shape index (κ3) is 4.71. The lowest BCUT2D eigenvalue weighted by molar-refractivity contribution is -0.140. The highest BCUT2D eigenvalue weighted by molar-refractivity contribution is 7.86. The first-order chi connectivity index (χ1) is 9.27. The minimum atomic E-state index is -3.61. The van der Waals surface area contributed by atoms with Crippen LogP contribution < -0.4 is 0 Å². The van der Waals surface area contributed by atoms with Gasteiger partial charge in [-0.05, 0) is 12.1 Å². The van der Waals surface area contributed by atoms with Crippen LogP contribution in [0.25, 0.3) is 0 Å². The number of ether oxygens (including phenoxy) is 1. The smallest absolute Gasteiger partial charge is 0.306 e. The summed E-state index contributed by atoms with van der Waals surface area (Å²) in [5.74, 6) is -0.445. The maximum atomic E-state index is 12.2. The maximum Gasteiger partial charge on any atom is 0.306 e. The van der Waals surface area contributed by atoms with Gasteiger partial charge in [0.05, 0.1) is 17.9 Å². The molecular formula is C11H17ClN2O4S2. The third-order valence-electron chi connectivity index (χ3n) is 2.65. The minimum absolute atomic E-state index is 0.0188. The molecule has 0 aromatic carbocycles. The van der Waals surface area contributed by atoms with E-state index in [-0.39, 0.29) is 19.5 Å². The predicted octanol–water partition coefficient (Wildman–Crippen LogP) is 1.57. The van der Waals surface area contributed by atoms with Gasteiger partial charge >= 0.3 is 5.97 Å². The molecule has 1 aromatic rings. The zero-order valence-corrected chi connectivity index (χ0v) is 13.9. The number of hydrogen-bond acceptors (Lipinski definition) is 5. The normalized spacial score (nSPS) is 12.1. The van der Waals surface area contributed by atoms with Crippen molar-refractivity contribution in [2.45, 2.75) is 13.0 Å². The number of methoxy groups -OCH3 is 1. The third-order valence-corrected chi connectivity index (χ3v) is 5.76. The molecule has 1 heterocycles. The Hall–Kier alpha value is -0.670. The first-order valence-electron chi connectivity index (χ1n) is 5.76. The number of rotatable bonds is 7. The van der Waals surface area contributed by atoms with Crippen LogP contribution in [-0.4, -0.2) is 50.7 Å². The van der Waals surface area contributed by atoms with E-state index in [9.17, 15) is 13.2 Å². The van der Waals surface area contributed by atoms with Gasteiger partial charge in [-0.25, -0.2) is 0 Å². The number of hydrogen-bond donors (Lipinski definition) is 0. The second kappa shape index (κ2) is 7.37. The maximum absolute atomic E-state index is 12.2. The molecule has 0 unspecified atom stereocenters. The lowest BCUT2D eigenvalue weighted by Gasteiger charge is -2.23. The molecule has 0 atom stereocenters. The van der Waals surface area contributed by atoms with Gasteiger partial charge in [-0.3, -0.25) is 4.79 Å². The fourth-order valence-electron chi connectivity index (χ4n) is 1.44. The molecule has 0 saturated heterocycles. The summed E-state index contributed by atoms with van der Waals surface area (Å²) in [6.07, 6.45) is 0.0188. The Morgan fingerprint density at radius 1 is 1.35 bits per heavy atom. The van der Waals surface area contributed by atoms with Crippen LogP contribution in [0.4, 0.5) is 0 Å². The van der Waals surface area contributed by atoms with Crippen molar-refractivity contribution in [3.63, 3.8) is 0 Å². The van der Waals surface area contributed by atoms with E-state index < -0.39 is 16.2 Å². The van der Waals surface area contributed by atoms with Gasteiger partial charge in [0.1, 0.15) is 0 Å². The summed E-state index contributed by atoms with van der Waals surface area (Å²) in [5, 5.41) is 0. The van der Waals surface area contributed by atoms with Crippen LogP contribution in [0.1, 0.15) is 11.3 Å². The molecule has 0 spiro atoms. The quantitative estimate of drug-likeness (QED) is 0.707. The van der Waals surface area contributed by atoms with Gasteiger partial charge < -0.3 is 4.74 Å². The number of carbonyl (C=O) groups excluding carboxylic acids is 1. The molecule has 0 radical (unpaired) electrons. The Labute approximate surface area is 128 Å². The average Bonchev–Trinajstić information content (AvgIpc) is 2.80. The van der Waals surface area contributed by atoms with Crippen LogP contribution in [0.15, 0.2) is 12.1 Å². The Kier molecular flexibility index (Phi) is 6.41. The van der Waals surface area contributed by atoms with E-state index in [0.29, 0.717) is 4.34 Å². The summed E-state index contributed by atoms with van der Waals surface area (Å²) in [4.78, 5) is 11.9. The van der Waals surface area contributed by atoms with E-state index in [1.807, 2.05) is 0 Å². The second-order valence-corrected chi connectivity index (χ2v) is 8.06. The molecule has 1 rings (SSSR count). The van der Waals surface area contributed by atoms with Crippen molar-refractivity contribution in [1.29, 1.82) is 0 Å². The van der Waals surface area contributed by atoms with Gasteiger partial charge in [-0.1, -0.05) is 11.6 Å². The molecule has 0 aliphatic rings. The molecule has 0 fully saturated rings. The zero-order valence-electron chi connectivity index (χ0n) is 11.5. The molecular weight excluding hydrogens is 324 g/mol. The fraction of sp³-hybridized carbons (Fsp3) is 0.545. The lowest BCUT2D eigenvalue weighted by atomic mass is 10.4. The standard InChI is InChI=1S/C11H17ClN2O4S2/c1-13(7-6-11(15)18-3)20(16,17)14(2)8-9-4-5-10(12)19-9/h4-5H,6-8H2,1-3H3. The summed E-state index contributed by atoms with van der Waals surface area (Å²) in [6.45, 7) is 0.312. The monoisotopic (exact) mass is 340 g/mol. The van der Waals surface area contributed by atoms with Crippen molar-refractivity contribution >= 4 is 39.1 Å². The first-order valence-corrected chi connectivity index (χ1v) is 8.35. The summed E-state index contributed by atoms with van der Waals surface area (Å²) in [7, 11) is 0.569. The van der Waals surface area contributed by atoms with Crippen molar-refractivity contribution in [3.8, 4) is 0 Å². The fourth-order valence-corrected chi connectivity index (χ4v) is 3.76. The van der Waals surface area contributed by atoms with E-state index in [0.717, 1.165) is 9.18 Å². The van der Waals surface area contributed by atoms with E-state index in [4.69, 9.17) is 11.6 Å². The molecule has 0 saturated carbocycles. The number of esters is 1. The van der Waals surface area contributed by atoms with Crippen molar-refractivity contribution in [2.24, 2.45) is 0 Å². The van der Waals surface area contributed by atoms with Crippen molar-refractivity contribution in [3.05, 3.63) is 21.3 Å². The molecule has 0 aliphatic heterocycles. The van der Waals surface area contributed by atoms with Gasteiger partial charge in [0.25, 0.3) is 10.2 Å². The number of halogens is 1. The lowest BCUT2D eigenvalue weighted by Crippen LogP contribution is -2.40. The van der Waals surface area contributed by atoms with Crippen LogP contribution >= 0.6 is 22.9 Å². The zero-order chi connectivity index (χ0) is 15.3. The average molecular weight is 341 g/mol. The minimum Gasteiger partial charge on any atom is -0.469 e. The van der Waals surface area contributed by atoms with Crippen molar-refractivity contribution in [2.75, 3.05) is 27.7 Å². The Morgan fingerprint density at radius 3 is 2.50 bits per heavy atom. The summed E-state index contributed by atoms with van der Waals surface area (Å²) >= 11 is 7.14. The largest absolute Gasteiger partial charge is 0.469 e. The highest BCUT2D eigenvalue weighted by Crippen LogP contribution is 2.23. The highest BCUT2D eigenvalue weighted by atomic mass is 35.5. The second-order valence-electron chi connectivity index (χ2n) is 4.12. The summed E-state index contributed by atoms with van der Waals surface area (Å²) in [5.41, 5.74) is 0. The number of carbonyl (C=O) groups is 1. The molecule has 0 bridgehead atoms. The molecule has 0 amide bonds. The number of nitrogens with zero attached hydrogens (tertiary/aromatic N) is 2. The van der Waals surface area contributed by atoms with E-state index in [2.05, 4.69) is 4.74 Å². The van der Waals surface area contributed by atoms with Crippen LogP contribution in [0, 0.1) is 0 Å². The van der Waals surface area contributed by atoms with Gasteiger partial charge in [-0.15, -0.1) is 11.3 Å². The van der Waals surface area contributed by atoms with Crippen molar-refractivity contribution < 1.29 is 17.9 Å². The summed E-state index contributed by atoms with van der Waals surface area (Å²) in [6, 6.07) is 3.51. The Morgan fingerprint density at radius 2 is 2.00 bits per heavy atom. The van der Waals surface area contributed by atoms with Gasteiger partial charge in [0, 0.05) is 32.1 Å². The van der Waals surface area contributed by atoms with Crippen LogP contribution in [0.5, 0.6) is 0 Å². The summed E-state index contributed by atoms with van der Waals surface area (Å²) < 4.78 is 31.9. The van der Waals surface area contributed by atoms with Crippen LogP contribution in [-0.2, 0) is 26.3 Å². The van der Waals surface area contributed by atoms with Crippen LogP contribution in [0.3, 0.4) is 0 Å². The molecule has 20 heavy (non-hydrogen) atoms. The molecule has 6 nitrogen and oxygen atoms in total. The van der Waals surface area contributed by atoms with E-state index in [1.165, 1.54) is 36.8 Å². The Balaban J connectivity index is 2.64. The number of thiophene rings is 1. The topological polar surface area (TPSA) is 66.9 Å². The van der Waals surface area contributed by atoms with Gasteiger partial charge in [-0.2, -0.15) is 17.0 Å². The molecule has 9 heteroatoms. The van der Waals surface area contributed by atoms with Gasteiger partial charge in [0.2, 0.25) is 0 Å². The molecule has 114 valence electrons. The first kappa shape index (κ1) is 17.4. The molecule has 1 aromatic heterocycles. The SMILES string of the molecule is COC(=O)CCN(C)S(=O)(=O)N(C)Cc1ccc(Cl)s1. The molecule has 0 N–H and O–H groups in total. The molecule has 0 aliphatic carbocycles. The Bertz CT molecular complexity index is 559. The van der Waals surface area contributed by atoms with E-state index in [1.54, 1.807) is 12.1 Å². The van der Waals surface area contributed by atoms with Gasteiger partial charge in [0.15, 0.2) is 0 Å². The van der Waals surface area contributed by atoms with Crippen molar-refractivity contribution in [1.82, 2.24) is 8.61 Å². The predicted molar refractivity (Wildman–Crippen MR) is 79.0 cm³/mol. The van der Waals surface area contributed by atoms with Crippen LogP contribution in [0.2, 0.25) is 4.34 Å². The highest BCUT2D eigenvalue weighted by Gasteiger charge is 2.24. The van der Waals surface area contributed by atoms with E-state index >= 15 is 0 Å².